The third kappa shape index (κ3) is 6.73. The predicted octanol–water partition coefficient (Wildman–Crippen LogP) is 5.22. The summed E-state index contributed by atoms with van der Waals surface area (Å²) in [5.41, 5.74) is 5.26. The number of anilines is 1. The van der Waals surface area contributed by atoms with Crippen LogP contribution in [0.4, 0.5) is 5.69 Å². The van der Waals surface area contributed by atoms with E-state index >= 15 is 0 Å². The molecule has 0 saturated heterocycles. The van der Waals surface area contributed by atoms with Crippen molar-refractivity contribution in [2.45, 2.75) is 13.8 Å². The molecule has 9 heteroatoms. The van der Waals surface area contributed by atoms with Crippen molar-refractivity contribution >= 4 is 29.7 Å². The molecule has 0 atom stereocenters. The lowest BCUT2D eigenvalue weighted by Crippen LogP contribution is -2.18. The van der Waals surface area contributed by atoms with Gasteiger partial charge in [0.05, 0.1) is 24.6 Å². The van der Waals surface area contributed by atoms with Gasteiger partial charge in [0.2, 0.25) is 0 Å². The van der Waals surface area contributed by atoms with Gasteiger partial charge >= 0.3 is 5.97 Å². The maximum atomic E-state index is 12.6. The van der Waals surface area contributed by atoms with Crippen LogP contribution in [0.5, 0.6) is 11.5 Å². The average molecular weight is 512 g/mol. The standard InChI is InChI=1S/C29H25N3O6/c1-3-36-26-16-20(11-14-24(26)38-29(35)21-12-9-19(2)10-13-21)18-30-32-27(33)22-6-4-7-23(17-22)31-28(34)25-8-5-15-37-25/h4-18H,3H2,1-2H3,(H,31,34)(H,32,33). The Hall–Kier alpha value is -5.18. The summed E-state index contributed by atoms with van der Waals surface area (Å²) in [6, 6.07) is 21.6. The van der Waals surface area contributed by atoms with Crippen molar-refractivity contribution in [1.82, 2.24) is 5.43 Å². The van der Waals surface area contributed by atoms with Crippen LogP contribution in [0.1, 0.15) is 49.3 Å². The zero-order valence-electron chi connectivity index (χ0n) is 20.8. The Morgan fingerprint density at radius 1 is 0.895 bits per heavy atom. The molecule has 2 N–H and O–H groups in total. The van der Waals surface area contributed by atoms with Crippen LogP contribution in [0.3, 0.4) is 0 Å². The van der Waals surface area contributed by atoms with Gasteiger partial charge in [-0.3, -0.25) is 9.59 Å². The molecule has 0 saturated carbocycles. The Labute approximate surface area is 219 Å². The number of ether oxygens (including phenoxy) is 2. The van der Waals surface area contributed by atoms with E-state index in [0.717, 1.165) is 5.56 Å². The molecule has 3 aromatic carbocycles. The third-order valence-corrected chi connectivity index (χ3v) is 5.26. The first-order chi connectivity index (χ1) is 18.4. The Kier molecular flexibility index (Phi) is 8.30. The molecule has 9 nitrogen and oxygen atoms in total. The smallest absolute Gasteiger partial charge is 0.343 e. The molecule has 0 aliphatic rings. The highest BCUT2D eigenvalue weighted by molar-refractivity contribution is 6.03. The number of esters is 1. The van der Waals surface area contributed by atoms with Gasteiger partial charge in [0.25, 0.3) is 11.8 Å². The monoisotopic (exact) mass is 511 g/mol. The topological polar surface area (TPSA) is 119 Å². The van der Waals surface area contributed by atoms with E-state index in [4.69, 9.17) is 13.9 Å². The number of nitrogens with one attached hydrogen (secondary N) is 2. The normalized spacial score (nSPS) is 10.7. The largest absolute Gasteiger partial charge is 0.490 e. The van der Waals surface area contributed by atoms with Gasteiger partial charge < -0.3 is 19.2 Å². The van der Waals surface area contributed by atoms with Crippen molar-refractivity contribution in [3.8, 4) is 11.5 Å². The summed E-state index contributed by atoms with van der Waals surface area (Å²) in [4.78, 5) is 37.2. The third-order valence-electron chi connectivity index (χ3n) is 5.26. The summed E-state index contributed by atoms with van der Waals surface area (Å²) in [5.74, 6) is -0.600. The summed E-state index contributed by atoms with van der Waals surface area (Å²) >= 11 is 0. The number of hydrogen-bond donors (Lipinski definition) is 2. The average Bonchev–Trinajstić information content (AvgIpc) is 3.46. The van der Waals surface area contributed by atoms with Gasteiger partial charge in [-0.15, -0.1) is 0 Å². The Morgan fingerprint density at radius 2 is 1.71 bits per heavy atom. The fourth-order valence-corrected chi connectivity index (χ4v) is 3.37. The highest BCUT2D eigenvalue weighted by Gasteiger charge is 2.14. The molecule has 0 fully saturated rings. The fourth-order valence-electron chi connectivity index (χ4n) is 3.37. The molecular weight excluding hydrogens is 486 g/mol. The van der Waals surface area contributed by atoms with Crippen molar-refractivity contribution in [2.24, 2.45) is 5.10 Å². The number of furan rings is 1. The van der Waals surface area contributed by atoms with Crippen LogP contribution in [-0.4, -0.2) is 30.6 Å². The number of hydrogen-bond acceptors (Lipinski definition) is 7. The minimum Gasteiger partial charge on any atom is -0.490 e. The maximum absolute atomic E-state index is 12.6. The van der Waals surface area contributed by atoms with Gasteiger partial charge in [0.1, 0.15) is 0 Å². The second-order valence-corrected chi connectivity index (χ2v) is 8.11. The summed E-state index contributed by atoms with van der Waals surface area (Å²) in [6.45, 7) is 4.11. The number of amides is 2. The maximum Gasteiger partial charge on any atom is 0.343 e. The Morgan fingerprint density at radius 3 is 2.45 bits per heavy atom. The van der Waals surface area contributed by atoms with Crippen molar-refractivity contribution in [3.63, 3.8) is 0 Å². The van der Waals surface area contributed by atoms with Gasteiger partial charge in [-0.1, -0.05) is 23.8 Å². The van der Waals surface area contributed by atoms with Gasteiger partial charge in [-0.05, 0) is 80.1 Å². The van der Waals surface area contributed by atoms with E-state index < -0.39 is 17.8 Å². The van der Waals surface area contributed by atoms with E-state index in [2.05, 4.69) is 15.8 Å². The van der Waals surface area contributed by atoms with Crippen LogP contribution < -0.4 is 20.2 Å². The zero-order valence-corrected chi connectivity index (χ0v) is 20.8. The Balaban J connectivity index is 1.39. The molecule has 2 amide bonds. The minimum absolute atomic E-state index is 0.159. The molecule has 0 aliphatic heterocycles. The van der Waals surface area contributed by atoms with E-state index in [1.165, 1.54) is 24.6 Å². The lowest BCUT2D eigenvalue weighted by atomic mass is 10.1. The van der Waals surface area contributed by atoms with Crippen LogP contribution in [0.25, 0.3) is 0 Å². The molecule has 0 bridgehead atoms. The second-order valence-electron chi connectivity index (χ2n) is 8.11. The van der Waals surface area contributed by atoms with Gasteiger partial charge in [0.15, 0.2) is 17.3 Å². The van der Waals surface area contributed by atoms with E-state index in [0.29, 0.717) is 34.7 Å². The van der Waals surface area contributed by atoms with Crippen LogP contribution in [-0.2, 0) is 0 Å². The van der Waals surface area contributed by atoms with Gasteiger partial charge in [-0.25, -0.2) is 10.2 Å². The lowest BCUT2D eigenvalue weighted by molar-refractivity contribution is 0.0728. The first-order valence-corrected chi connectivity index (χ1v) is 11.8. The number of hydrazone groups is 1. The van der Waals surface area contributed by atoms with Crippen molar-refractivity contribution in [2.75, 3.05) is 11.9 Å². The molecule has 4 aromatic rings. The summed E-state index contributed by atoms with van der Waals surface area (Å²) < 4.78 is 16.2. The Bertz CT molecular complexity index is 1460. The minimum atomic E-state index is -0.498. The highest BCUT2D eigenvalue weighted by atomic mass is 16.6. The van der Waals surface area contributed by atoms with Crippen molar-refractivity contribution < 1.29 is 28.3 Å². The van der Waals surface area contributed by atoms with E-state index in [1.807, 2.05) is 26.0 Å². The van der Waals surface area contributed by atoms with Crippen LogP contribution >= 0.6 is 0 Å². The fraction of sp³-hybridized carbons (Fsp3) is 0.103. The van der Waals surface area contributed by atoms with E-state index in [1.54, 1.807) is 54.6 Å². The SMILES string of the molecule is CCOc1cc(C=NNC(=O)c2cccc(NC(=O)c3ccco3)c2)ccc1OC(=O)c1ccc(C)cc1. The number of carbonyl (C=O) groups is 3. The van der Waals surface area contributed by atoms with E-state index in [-0.39, 0.29) is 11.5 Å². The van der Waals surface area contributed by atoms with Gasteiger partial charge in [0, 0.05) is 11.3 Å². The number of rotatable bonds is 9. The first-order valence-electron chi connectivity index (χ1n) is 11.8. The number of benzene rings is 3. The molecule has 0 spiro atoms. The molecule has 0 aliphatic carbocycles. The summed E-state index contributed by atoms with van der Waals surface area (Å²) in [5, 5.41) is 6.68. The van der Waals surface area contributed by atoms with E-state index in [9.17, 15) is 14.4 Å². The molecule has 0 unspecified atom stereocenters. The summed E-state index contributed by atoms with van der Waals surface area (Å²) in [7, 11) is 0. The first kappa shape index (κ1) is 25.9. The number of nitrogens with zero attached hydrogens (tertiary/aromatic N) is 1. The van der Waals surface area contributed by atoms with Crippen LogP contribution in [0.15, 0.2) is 94.6 Å². The van der Waals surface area contributed by atoms with Gasteiger partial charge in [-0.2, -0.15) is 5.10 Å². The molecule has 1 aromatic heterocycles. The predicted molar refractivity (Wildman–Crippen MR) is 142 cm³/mol. The zero-order chi connectivity index (χ0) is 26.9. The lowest BCUT2D eigenvalue weighted by Gasteiger charge is -2.11. The molecule has 4 rings (SSSR count). The van der Waals surface area contributed by atoms with Crippen molar-refractivity contribution in [1.29, 1.82) is 0 Å². The second kappa shape index (κ2) is 12.2. The number of aryl methyl sites for hydroxylation is 1. The quantitative estimate of drug-likeness (QED) is 0.138. The van der Waals surface area contributed by atoms with Crippen LogP contribution in [0.2, 0.25) is 0 Å². The summed E-state index contributed by atoms with van der Waals surface area (Å²) in [6.07, 6.45) is 2.84. The molecule has 38 heavy (non-hydrogen) atoms. The van der Waals surface area contributed by atoms with Crippen molar-refractivity contribution in [3.05, 3.63) is 113 Å². The highest BCUT2D eigenvalue weighted by Crippen LogP contribution is 2.29. The number of carbonyl (C=O) groups excluding carboxylic acids is 3. The van der Waals surface area contributed by atoms with Crippen LogP contribution in [0, 0.1) is 6.92 Å². The molecule has 192 valence electrons. The molecule has 1 heterocycles. The molecular formula is C29H25N3O6. The molecule has 0 radical (unpaired) electrons.